The first-order chi connectivity index (χ1) is 22.5. The molecule has 0 bridgehead atoms. The average Bonchev–Trinajstić information content (AvgIpc) is 3.47. The van der Waals surface area contributed by atoms with Gasteiger partial charge in [0.25, 0.3) is 0 Å². The van der Waals surface area contributed by atoms with E-state index in [0.29, 0.717) is 29.0 Å². The van der Waals surface area contributed by atoms with Gasteiger partial charge in [0.05, 0.1) is 23.9 Å². The molecule has 4 heterocycles. The van der Waals surface area contributed by atoms with E-state index in [4.69, 9.17) is 20.4 Å². The van der Waals surface area contributed by atoms with Crippen LogP contribution in [0.25, 0.3) is 33.8 Å². The van der Waals surface area contributed by atoms with Crippen LogP contribution in [0.5, 0.6) is 5.75 Å². The Kier molecular flexibility index (Phi) is 9.21. The number of aromatic nitrogens is 4. The summed E-state index contributed by atoms with van der Waals surface area (Å²) in [6, 6.07) is 22.5. The number of ether oxygens (including phenoxy) is 1. The van der Waals surface area contributed by atoms with E-state index in [1.807, 2.05) is 56.3 Å². The van der Waals surface area contributed by atoms with Gasteiger partial charge in [0.15, 0.2) is 17.8 Å². The molecule has 6 rings (SSSR count). The first-order valence-corrected chi connectivity index (χ1v) is 15.6. The first-order valence-electron chi connectivity index (χ1n) is 15.6. The SMILES string of the molecule is C/C=C\C(=C/C)c1ccc2nc(-c3cccnc3N)n(-c3ccc(CN4CCC(Nc5ccc(C=O)c(OC)c5)CC4)cc3)c2n1. The molecule has 2 aromatic carbocycles. The van der Waals surface area contributed by atoms with Crippen LogP contribution in [0.3, 0.4) is 0 Å². The molecule has 9 nitrogen and oxygen atoms in total. The zero-order chi connectivity index (χ0) is 32.0. The number of imidazole rings is 1. The molecule has 234 valence electrons. The summed E-state index contributed by atoms with van der Waals surface area (Å²) >= 11 is 0. The molecular weight excluding hydrogens is 574 g/mol. The minimum absolute atomic E-state index is 0.367. The zero-order valence-corrected chi connectivity index (χ0v) is 26.5. The van der Waals surface area contributed by atoms with Crippen molar-refractivity contribution in [2.45, 2.75) is 39.3 Å². The third-order valence-electron chi connectivity index (χ3n) is 8.46. The Morgan fingerprint density at radius 2 is 1.85 bits per heavy atom. The number of allylic oxidation sites excluding steroid dienone is 4. The van der Waals surface area contributed by atoms with Crippen LogP contribution < -0.4 is 15.8 Å². The van der Waals surface area contributed by atoms with E-state index >= 15 is 0 Å². The van der Waals surface area contributed by atoms with E-state index < -0.39 is 0 Å². The topological polar surface area (TPSA) is 111 Å². The Hall–Kier alpha value is -5.28. The van der Waals surface area contributed by atoms with Crippen LogP contribution in [-0.4, -0.2) is 56.9 Å². The maximum atomic E-state index is 11.2. The third-order valence-corrected chi connectivity index (χ3v) is 8.46. The zero-order valence-electron chi connectivity index (χ0n) is 26.5. The molecule has 1 aliphatic rings. The Labute approximate surface area is 269 Å². The summed E-state index contributed by atoms with van der Waals surface area (Å²) in [4.78, 5) is 28.1. The highest BCUT2D eigenvalue weighted by Crippen LogP contribution is 2.32. The number of nitrogen functional groups attached to an aromatic ring is 1. The van der Waals surface area contributed by atoms with Gasteiger partial charge in [0.1, 0.15) is 17.1 Å². The summed E-state index contributed by atoms with van der Waals surface area (Å²) in [5.74, 6) is 1.72. The number of hydrogen-bond donors (Lipinski definition) is 2. The van der Waals surface area contributed by atoms with Gasteiger partial charge in [0, 0.05) is 49.3 Å². The maximum absolute atomic E-state index is 11.2. The summed E-state index contributed by atoms with van der Waals surface area (Å²) < 4.78 is 7.44. The van der Waals surface area contributed by atoms with Gasteiger partial charge in [-0.15, -0.1) is 0 Å². The fourth-order valence-electron chi connectivity index (χ4n) is 6.04. The van der Waals surface area contributed by atoms with E-state index in [1.165, 1.54) is 5.56 Å². The Bertz CT molecular complexity index is 1900. The molecule has 3 aromatic heterocycles. The lowest BCUT2D eigenvalue weighted by Crippen LogP contribution is -2.38. The molecule has 0 spiro atoms. The minimum atomic E-state index is 0.367. The van der Waals surface area contributed by atoms with Crippen molar-refractivity contribution in [1.29, 1.82) is 0 Å². The smallest absolute Gasteiger partial charge is 0.165 e. The standard InChI is InChI=1S/C37H39N7O2/c1-4-7-26(5-2)32-15-16-33-37(41-32)44(36(42-33)31-8-6-19-39-35(31)38)30-13-9-25(10-14-30)23-43-20-17-28(18-21-43)40-29-12-11-27(24-45)34(22-29)46-3/h4-16,19,22,24,28,40H,17-18,20-21,23H2,1-3H3,(H2,38,39)/b7-4-,26-5+. The molecule has 9 heteroatoms. The lowest BCUT2D eigenvalue weighted by molar-refractivity contribution is 0.112. The van der Waals surface area contributed by atoms with Gasteiger partial charge in [-0.05, 0) is 86.4 Å². The Morgan fingerprint density at radius 3 is 2.54 bits per heavy atom. The van der Waals surface area contributed by atoms with Gasteiger partial charge >= 0.3 is 0 Å². The van der Waals surface area contributed by atoms with Crippen LogP contribution in [0.15, 0.2) is 91.2 Å². The highest BCUT2D eigenvalue weighted by molar-refractivity contribution is 5.85. The molecule has 3 N–H and O–H groups in total. The van der Waals surface area contributed by atoms with Crippen molar-refractivity contribution in [3.8, 4) is 22.8 Å². The van der Waals surface area contributed by atoms with Gasteiger partial charge < -0.3 is 15.8 Å². The van der Waals surface area contributed by atoms with Crippen molar-refractivity contribution >= 4 is 34.5 Å². The predicted molar refractivity (Wildman–Crippen MR) is 185 cm³/mol. The fourth-order valence-corrected chi connectivity index (χ4v) is 6.04. The van der Waals surface area contributed by atoms with Crippen molar-refractivity contribution in [3.63, 3.8) is 0 Å². The molecule has 5 aromatic rings. The van der Waals surface area contributed by atoms with Crippen LogP contribution in [0.1, 0.15) is 48.3 Å². The number of piperidine rings is 1. The van der Waals surface area contributed by atoms with Crippen molar-refractivity contribution in [2.75, 3.05) is 31.2 Å². The summed E-state index contributed by atoms with van der Waals surface area (Å²) in [5.41, 5.74) is 14.3. The van der Waals surface area contributed by atoms with E-state index in [1.54, 1.807) is 19.4 Å². The molecule has 0 radical (unpaired) electrons. The van der Waals surface area contributed by atoms with Crippen LogP contribution in [0, 0.1) is 0 Å². The number of nitrogens with zero attached hydrogens (tertiary/aromatic N) is 5. The van der Waals surface area contributed by atoms with Crippen molar-refractivity contribution in [2.24, 2.45) is 0 Å². The van der Waals surface area contributed by atoms with Crippen LogP contribution in [0.2, 0.25) is 0 Å². The number of benzene rings is 2. The number of nitrogens with one attached hydrogen (secondary N) is 1. The Morgan fingerprint density at radius 1 is 1.04 bits per heavy atom. The monoisotopic (exact) mass is 613 g/mol. The van der Waals surface area contributed by atoms with Gasteiger partial charge in [-0.3, -0.25) is 14.3 Å². The average molecular weight is 614 g/mol. The van der Waals surface area contributed by atoms with Crippen LogP contribution >= 0.6 is 0 Å². The van der Waals surface area contributed by atoms with Crippen molar-refractivity contribution in [1.82, 2.24) is 24.4 Å². The predicted octanol–water partition coefficient (Wildman–Crippen LogP) is 6.94. The quantitative estimate of drug-likeness (QED) is 0.129. The number of carbonyl (C=O) groups is 1. The van der Waals surface area contributed by atoms with Gasteiger partial charge in [0.2, 0.25) is 0 Å². The number of pyridine rings is 2. The van der Waals surface area contributed by atoms with Gasteiger partial charge in [-0.1, -0.05) is 30.4 Å². The second kappa shape index (κ2) is 13.8. The largest absolute Gasteiger partial charge is 0.496 e. The highest BCUT2D eigenvalue weighted by Gasteiger charge is 2.21. The third kappa shape index (κ3) is 6.41. The van der Waals surface area contributed by atoms with E-state index in [0.717, 1.165) is 78.1 Å². The first kappa shape index (κ1) is 30.7. The summed E-state index contributed by atoms with van der Waals surface area (Å²) in [7, 11) is 1.59. The highest BCUT2D eigenvalue weighted by atomic mass is 16.5. The number of fused-ring (bicyclic) bond motifs is 1. The lowest BCUT2D eigenvalue weighted by Gasteiger charge is -2.33. The number of anilines is 2. The molecule has 0 unspecified atom stereocenters. The number of aldehydes is 1. The molecule has 46 heavy (non-hydrogen) atoms. The number of hydrogen-bond acceptors (Lipinski definition) is 8. The molecule has 0 amide bonds. The van der Waals surface area contributed by atoms with Crippen molar-refractivity contribution in [3.05, 3.63) is 108 Å². The normalized spacial score (nSPS) is 14.6. The van der Waals surface area contributed by atoms with Gasteiger partial charge in [-0.25, -0.2) is 15.0 Å². The second-order valence-electron chi connectivity index (χ2n) is 11.4. The number of carbonyl (C=O) groups excluding carboxylic acids is 1. The van der Waals surface area contributed by atoms with Gasteiger partial charge in [-0.2, -0.15) is 0 Å². The maximum Gasteiger partial charge on any atom is 0.165 e. The number of rotatable bonds is 10. The lowest BCUT2D eigenvalue weighted by atomic mass is 10.0. The molecule has 0 aliphatic carbocycles. The molecule has 0 atom stereocenters. The molecular formula is C37H39N7O2. The number of likely N-dealkylation sites (tertiary alicyclic amines) is 1. The minimum Gasteiger partial charge on any atom is -0.496 e. The molecule has 1 aliphatic heterocycles. The van der Waals surface area contributed by atoms with Crippen molar-refractivity contribution < 1.29 is 9.53 Å². The summed E-state index contributed by atoms with van der Waals surface area (Å²) in [6.07, 6.45) is 10.7. The second-order valence-corrected chi connectivity index (χ2v) is 11.4. The van der Waals surface area contributed by atoms with Crippen LogP contribution in [0.4, 0.5) is 11.5 Å². The summed E-state index contributed by atoms with van der Waals surface area (Å²) in [5, 5.41) is 3.62. The van der Waals surface area contributed by atoms with E-state index in [2.05, 4.69) is 56.2 Å². The van der Waals surface area contributed by atoms with E-state index in [-0.39, 0.29) is 0 Å². The number of methoxy groups -OCH3 is 1. The van der Waals surface area contributed by atoms with Crippen LogP contribution in [-0.2, 0) is 6.54 Å². The van der Waals surface area contributed by atoms with E-state index in [9.17, 15) is 4.79 Å². The fraction of sp³-hybridized carbons (Fsp3) is 0.243. The molecule has 1 saturated heterocycles. The molecule has 0 saturated carbocycles. The molecule has 1 fully saturated rings. The summed E-state index contributed by atoms with van der Waals surface area (Å²) in [6.45, 7) is 6.88. The number of nitrogens with two attached hydrogens (primary N) is 1. The Balaban J connectivity index is 1.21.